The van der Waals surface area contributed by atoms with Crippen LogP contribution in [-0.2, 0) is 17.9 Å². The van der Waals surface area contributed by atoms with Crippen LogP contribution >= 0.6 is 0 Å². The molecule has 0 radical (unpaired) electrons. The van der Waals surface area contributed by atoms with E-state index in [-0.39, 0.29) is 31.1 Å². The number of nitrogens with one attached hydrogen (secondary N) is 1. The summed E-state index contributed by atoms with van der Waals surface area (Å²) in [6.07, 6.45) is 1.54. The Morgan fingerprint density at radius 1 is 1.40 bits per heavy atom. The molecule has 0 atom stereocenters. The van der Waals surface area contributed by atoms with Crippen molar-refractivity contribution < 1.29 is 13.6 Å². The Balaban J connectivity index is 2.02. The predicted molar refractivity (Wildman–Crippen MR) is 66.4 cm³/mol. The molecule has 0 bridgehead atoms. The van der Waals surface area contributed by atoms with Gasteiger partial charge in [0.25, 0.3) is 0 Å². The number of hydrogen-bond acceptors (Lipinski definition) is 4. The summed E-state index contributed by atoms with van der Waals surface area (Å²) >= 11 is 0. The minimum absolute atomic E-state index is 0.0570. The third-order valence-corrected chi connectivity index (χ3v) is 2.60. The molecule has 1 aromatic heterocycles. The van der Waals surface area contributed by atoms with Gasteiger partial charge in [0.2, 0.25) is 5.91 Å². The van der Waals surface area contributed by atoms with Crippen LogP contribution in [0.25, 0.3) is 0 Å². The van der Waals surface area contributed by atoms with Gasteiger partial charge in [0.05, 0.1) is 25.8 Å². The van der Waals surface area contributed by atoms with E-state index in [4.69, 9.17) is 5.73 Å². The second-order valence-corrected chi connectivity index (χ2v) is 4.10. The van der Waals surface area contributed by atoms with Gasteiger partial charge in [0.15, 0.2) is 11.6 Å². The molecule has 0 unspecified atom stereocenters. The van der Waals surface area contributed by atoms with Crippen molar-refractivity contribution in [3.05, 3.63) is 47.3 Å². The van der Waals surface area contributed by atoms with Crippen LogP contribution in [-0.4, -0.2) is 27.4 Å². The SMILES string of the molecule is NCC(=O)NCc1cn(Cc2cccc(F)c2F)nn1. The van der Waals surface area contributed by atoms with E-state index in [1.165, 1.54) is 16.8 Å². The Kier molecular flexibility index (Phi) is 4.36. The van der Waals surface area contributed by atoms with Gasteiger partial charge in [-0.3, -0.25) is 4.79 Å². The number of halogens is 2. The first-order chi connectivity index (χ1) is 9.60. The first-order valence-electron chi connectivity index (χ1n) is 5.89. The summed E-state index contributed by atoms with van der Waals surface area (Å²) in [6.45, 7) is 0.131. The normalized spacial score (nSPS) is 10.6. The van der Waals surface area contributed by atoms with Gasteiger partial charge in [0.1, 0.15) is 5.69 Å². The summed E-state index contributed by atoms with van der Waals surface area (Å²) in [5.74, 6) is -2.12. The lowest BCUT2D eigenvalue weighted by molar-refractivity contribution is -0.119. The van der Waals surface area contributed by atoms with Crippen molar-refractivity contribution in [3.63, 3.8) is 0 Å². The number of carbonyl (C=O) groups is 1. The number of nitrogens with zero attached hydrogens (tertiary/aromatic N) is 3. The summed E-state index contributed by atoms with van der Waals surface area (Å²) in [7, 11) is 0. The van der Waals surface area contributed by atoms with Crippen LogP contribution in [0.5, 0.6) is 0 Å². The molecule has 0 aliphatic heterocycles. The fraction of sp³-hybridized carbons (Fsp3) is 0.250. The second-order valence-electron chi connectivity index (χ2n) is 4.10. The van der Waals surface area contributed by atoms with Gasteiger partial charge < -0.3 is 11.1 Å². The highest BCUT2D eigenvalue weighted by Gasteiger charge is 2.09. The predicted octanol–water partition coefficient (Wildman–Crippen LogP) is 0.179. The smallest absolute Gasteiger partial charge is 0.234 e. The topological polar surface area (TPSA) is 85.8 Å². The maximum Gasteiger partial charge on any atom is 0.234 e. The van der Waals surface area contributed by atoms with Crippen LogP contribution < -0.4 is 11.1 Å². The zero-order chi connectivity index (χ0) is 14.5. The molecule has 0 fully saturated rings. The number of benzene rings is 1. The van der Waals surface area contributed by atoms with Crippen LogP contribution in [0.1, 0.15) is 11.3 Å². The van der Waals surface area contributed by atoms with Gasteiger partial charge in [-0.05, 0) is 6.07 Å². The van der Waals surface area contributed by atoms with Gasteiger partial charge in [-0.1, -0.05) is 17.3 Å². The first kappa shape index (κ1) is 14.1. The maximum atomic E-state index is 13.5. The molecular weight excluding hydrogens is 268 g/mol. The molecule has 2 aromatic rings. The third kappa shape index (κ3) is 3.35. The second kappa shape index (κ2) is 6.20. The van der Waals surface area contributed by atoms with Crippen LogP contribution in [0.2, 0.25) is 0 Å². The van der Waals surface area contributed by atoms with E-state index >= 15 is 0 Å². The van der Waals surface area contributed by atoms with Crippen LogP contribution in [0.4, 0.5) is 8.78 Å². The highest BCUT2D eigenvalue weighted by Crippen LogP contribution is 2.12. The molecule has 2 rings (SSSR count). The van der Waals surface area contributed by atoms with E-state index in [0.29, 0.717) is 5.69 Å². The number of amides is 1. The molecule has 1 aromatic carbocycles. The number of nitrogens with two attached hydrogens (primary N) is 1. The summed E-state index contributed by atoms with van der Waals surface area (Å²) < 4.78 is 27.9. The van der Waals surface area contributed by atoms with Crippen molar-refractivity contribution in [2.24, 2.45) is 5.73 Å². The molecule has 20 heavy (non-hydrogen) atoms. The van der Waals surface area contributed by atoms with Gasteiger partial charge in [-0.15, -0.1) is 5.10 Å². The lowest BCUT2D eigenvalue weighted by Crippen LogP contribution is -2.29. The summed E-state index contributed by atoms with van der Waals surface area (Å²) in [4.78, 5) is 11.0. The molecule has 0 aliphatic carbocycles. The molecule has 106 valence electrons. The minimum Gasteiger partial charge on any atom is -0.349 e. The Bertz CT molecular complexity index is 614. The van der Waals surface area contributed by atoms with Gasteiger partial charge >= 0.3 is 0 Å². The Morgan fingerprint density at radius 2 is 2.20 bits per heavy atom. The Labute approximate surface area is 113 Å². The quantitative estimate of drug-likeness (QED) is 0.818. The monoisotopic (exact) mass is 281 g/mol. The standard InChI is InChI=1S/C12H13F2N5O/c13-10-3-1-2-8(12(10)14)6-19-7-9(17-18-19)5-16-11(20)4-15/h1-3,7H,4-6,15H2,(H,16,20). The van der Waals surface area contributed by atoms with Gasteiger partial charge in [-0.25, -0.2) is 13.5 Å². The molecule has 6 nitrogen and oxygen atoms in total. The zero-order valence-corrected chi connectivity index (χ0v) is 10.5. The molecule has 3 N–H and O–H groups in total. The van der Waals surface area contributed by atoms with E-state index in [9.17, 15) is 13.6 Å². The van der Waals surface area contributed by atoms with Crippen molar-refractivity contribution in [1.29, 1.82) is 0 Å². The average molecular weight is 281 g/mol. The third-order valence-electron chi connectivity index (χ3n) is 2.60. The van der Waals surface area contributed by atoms with E-state index in [2.05, 4.69) is 15.6 Å². The summed E-state index contributed by atoms with van der Waals surface area (Å²) in [5.41, 5.74) is 5.82. The molecule has 0 spiro atoms. The molecule has 0 aliphatic rings. The lowest BCUT2D eigenvalue weighted by atomic mass is 10.2. The molecule has 1 amide bonds. The number of hydrogen-bond donors (Lipinski definition) is 2. The van der Waals surface area contributed by atoms with Crippen molar-refractivity contribution in [1.82, 2.24) is 20.3 Å². The maximum absolute atomic E-state index is 13.5. The van der Waals surface area contributed by atoms with Gasteiger partial charge in [-0.2, -0.15) is 0 Å². The fourth-order valence-electron chi connectivity index (χ4n) is 1.60. The number of aromatic nitrogens is 3. The van der Waals surface area contributed by atoms with Gasteiger partial charge in [0, 0.05) is 5.56 Å². The van der Waals surface area contributed by atoms with E-state index < -0.39 is 11.6 Å². The Morgan fingerprint density at radius 3 is 2.95 bits per heavy atom. The number of carbonyl (C=O) groups excluding carboxylic acids is 1. The van der Waals surface area contributed by atoms with Crippen molar-refractivity contribution in [3.8, 4) is 0 Å². The summed E-state index contributed by atoms with van der Waals surface area (Å²) in [5, 5.41) is 10.1. The largest absolute Gasteiger partial charge is 0.349 e. The average Bonchev–Trinajstić information content (AvgIpc) is 2.89. The molecule has 0 saturated heterocycles. The fourth-order valence-corrected chi connectivity index (χ4v) is 1.60. The highest BCUT2D eigenvalue weighted by atomic mass is 19.2. The molecule has 1 heterocycles. The van der Waals surface area contributed by atoms with Crippen LogP contribution in [0, 0.1) is 11.6 Å². The lowest BCUT2D eigenvalue weighted by Gasteiger charge is -2.03. The highest BCUT2D eigenvalue weighted by molar-refractivity contribution is 5.77. The van der Waals surface area contributed by atoms with Crippen LogP contribution in [0.3, 0.4) is 0 Å². The molecule has 8 heteroatoms. The van der Waals surface area contributed by atoms with E-state index in [1.807, 2.05) is 0 Å². The zero-order valence-electron chi connectivity index (χ0n) is 10.5. The first-order valence-corrected chi connectivity index (χ1v) is 5.89. The van der Waals surface area contributed by atoms with Crippen molar-refractivity contribution in [2.45, 2.75) is 13.1 Å². The molecule has 0 saturated carbocycles. The number of rotatable bonds is 5. The van der Waals surface area contributed by atoms with E-state index in [0.717, 1.165) is 6.07 Å². The van der Waals surface area contributed by atoms with Crippen LogP contribution in [0.15, 0.2) is 24.4 Å². The van der Waals surface area contributed by atoms with E-state index in [1.54, 1.807) is 6.20 Å². The Hall–Kier alpha value is -2.35. The minimum atomic E-state index is -0.905. The molecular formula is C12H13F2N5O. The van der Waals surface area contributed by atoms with Crippen molar-refractivity contribution in [2.75, 3.05) is 6.54 Å². The summed E-state index contributed by atoms with van der Waals surface area (Å²) in [6, 6.07) is 3.94. The van der Waals surface area contributed by atoms with Crippen molar-refractivity contribution >= 4 is 5.91 Å².